The molecule has 0 bridgehead atoms. The summed E-state index contributed by atoms with van der Waals surface area (Å²) in [5.74, 6) is 0. The van der Waals surface area contributed by atoms with Crippen molar-refractivity contribution in [1.29, 1.82) is 0 Å². The molecule has 2 atom stereocenters. The van der Waals surface area contributed by atoms with Gasteiger partial charge in [0.1, 0.15) is 0 Å². The largest absolute Gasteiger partial charge is 0.365 e. The van der Waals surface area contributed by atoms with E-state index in [1.54, 1.807) is 0 Å². The number of hydrogen-bond donors (Lipinski definition) is 1. The zero-order valence-electron chi connectivity index (χ0n) is 11.1. The lowest BCUT2D eigenvalue weighted by Crippen LogP contribution is -2.48. The van der Waals surface area contributed by atoms with E-state index in [0.717, 1.165) is 25.9 Å². The van der Waals surface area contributed by atoms with Gasteiger partial charge in [0.25, 0.3) is 0 Å². The summed E-state index contributed by atoms with van der Waals surface area (Å²) >= 11 is 0. The predicted molar refractivity (Wildman–Crippen MR) is 71.2 cm³/mol. The molecule has 1 aromatic rings. The molecule has 17 heavy (non-hydrogen) atoms. The third-order valence-electron chi connectivity index (χ3n) is 3.76. The summed E-state index contributed by atoms with van der Waals surface area (Å²) in [5.41, 5.74) is 2.65. The molecule has 94 valence electrons. The Kier molecular flexibility index (Phi) is 3.85. The first-order valence-electron chi connectivity index (χ1n) is 6.64. The van der Waals surface area contributed by atoms with Gasteiger partial charge in [0.15, 0.2) is 0 Å². The lowest BCUT2D eigenvalue weighted by Gasteiger charge is -2.39. The molecule has 0 amide bonds. The molecule has 0 aliphatic carbocycles. The van der Waals surface area contributed by atoms with Crippen molar-refractivity contribution in [3.05, 3.63) is 35.4 Å². The van der Waals surface area contributed by atoms with E-state index in [1.807, 2.05) is 0 Å². The van der Waals surface area contributed by atoms with Gasteiger partial charge in [0.05, 0.1) is 11.7 Å². The predicted octanol–water partition coefficient (Wildman–Crippen LogP) is 3.08. The number of morpholine rings is 1. The molecule has 2 heteroatoms. The molecule has 1 aromatic carbocycles. The maximum absolute atomic E-state index is 6.22. The highest BCUT2D eigenvalue weighted by molar-refractivity contribution is 5.25. The van der Waals surface area contributed by atoms with Gasteiger partial charge in [-0.3, -0.25) is 0 Å². The maximum atomic E-state index is 6.22. The van der Waals surface area contributed by atoms with Crippen molar-refractivity contribution in [3.63, 3.8) is 0 Å². The Morgan fingerprint density at radius 1 is 1.29 bits per heavy atom. The second kappa shape index (κ2) is 5.19. The minimum atomic E-state index is -0.0215. The maximum Gasteiger partial charge on any atom is 0.0957 e. The van der Waals surface area contributed by atoms with Gasteiger partial charge in [-0.2, -0.15) is 0 Å². The van der Waals surface area contributed by atoms with Gasteiger partial charge in [0.2, 0.25) is 0 Å². The van der Waals surface area contributed by atoms with Gasteiger partial charge < -0.3 is 10.1 Å². The van der Waals surface area contributed by atoms with Gasteiger partial charge in [-0.05, 0) is 30.9 Å². The van der Waals surface area contributed by atoms with E-state index in [0.29, 0.717) is 0 Å². The van der Waals surface area contributed by atoms with E-state index in [1.165, 1.54) is 11.1 Å². The fourth-order valence-electron chi connectivity index (χ4n) is 2.26. The van der Waals surface area contributed by atoms with Gasteiger partial charge in [-0.25, -0.2) is 0 Å². The first-order chi connectivity index (χ1) is 8.17. The van der Waals surface area contributed by atoms with Crippen LogP contribution in [0.2, 0.25) is 0 Å². The fourth-order valence-corrected chi connectivity index (χ4v) is 2.26. The molecule has 1 aliphatic heterocycles. The molecular weight excluding hydrogens is 210 g/mol. The first kappa shape index (κ1) is 12.6. The van der Waals surface area contributed by atoms with Gasteiger partial charge >= 0.3 is 0 Å². The Morgan fingerprint density at radius 2 is 2.00 bits per heavy atom. The summed E-state index contributed by atoms with van der Waals surface area (Å²) in [5, 5.41) is 3.48. The summed E-state index contributed by atoms with van der Waals surface area (Å²) < 4.78 is 6.22. The third kappa shape index (κ3) is 2.88. The molecule has 1 fully saturated rings. The molecule has 0 radical (unpaired) electrons. The highest BCUT2D eigenvalue weighted by Gasteiger charge is 2.31. The van der Waals surface area contributed by atoms with E-state index in [2.05, 4.69) is 50.4 Å². The third-order valence-corrected chi connectivity index (χ3v) is 3.76. The molecular formula is C15H23NO. The highest BCUT2D eigenvalue weighted by Crippen LogP contribution is 2.29. The fraction of sp³-hybridized carbons (Fsp3) is 0.600. The second-order valence-corrected chi connectivity index (χ2v) is 5.14. The van der Waals surface area contributed by atoms with Crippen molar-refractivity contribution in [3.8, 4) is 0 Å². The Balaban J connectivity index is 2.10. The topological polar surface area (TPSA) is 21.3 Å². The van der Waals surface area contributed by atoms with Crippen LogP contribution in [0.3, 0.4) is 0 Å². The van der Waals surface area contributed by atoms with Crippen molar-refractivity contribution in [2.75, 3.05) is 13.1 Å². The molecule has 0 aromatic heterocycles. The van der Waals surface area contributed by atoms with E-state index in [-0.39, 0.29) is 11.7 Å². The average molecular weight is 233 g/mol. The Morgan fingerprint density at radius 3 is 2.59 bits per heavy atom. The number of hydrogen-bond acceptors (Lipinski definition) is 2. The Labute approximate surface area is 104 Å². The van der Waals surface area contributed by atoms with Crippen molar-refractivity contribution in [1.82, 2.24) is 5.32 Å². The van der Waals surface area contributed by atoms with Crippen LogP contribution in [-0.4, -0.2) is 18.7 Å². The SMILES string of the molecule is CCc1ccc(C2CNCC(C)(CC)O2)cc1. The Bertz CT molecular complexity index is 360. The van der Waals surface area contributed by atoms with Crippen LogP contribution in [0.4, 0.5) is 0 Å². The normalized spacial score (nSPS) is 29.2. The van der Waals surface area contributed by atoms with Gasteiger partial charge in [0, 0.05) is 13.1 Å². The second-order valence-electron chi connectivity index (χ2n) is 5.14. The molecule has 2 unspecified atom stereocenters. The van der Waals surface area contributed by atoms with Crippen LogP contribution in [0.1, 0.15) is 44.4 Å². The van der Waals surface area contributed by atoms with Crippen molar-refractivity contribution >= 4 is 0 Å². The number of ether oxygens (including phenoxy) is 1. The minimum Gasteiger partial charge on any atom is -0.365 e. The number of aryl methyl sites for hydroxylation is 1. The molecule has 0 spiro atoms. The summed E-state index contributed by atoms with van der Waals surface area (Å²) in [6.45, 7) is 8.42. The van der Waals surface area contributed by atoms with Gasteiger partial charge in [-0.1, -0.05) is 38.1 Å². The van der Waals surface area contributed by atoms with Crippen molar-refractivity contribution in [2.45, 2.75) is 45.3 Å². The molecule has 2 nitrogen and oxygen atoms in total. The molecule has 1 aliphatic rings. The van der Waals surface area contributed by atoms with Crippen LogP contribution in [-0.2, 0) is 11.2 Å². The van der Waals surface area contributed by atoms with Crippen LogP contribution in [0, 0.1) is 0 Å². The van der Waals surface area contributed by atoms with Gasteiger partial charge in [-0.15, -0.1) is 0 Å². The van der Waals surface area contributed by atoms with Crippen LogP contribution in [0.25, 0.3) is 0 Å². The smallest absolute Gasteiger partial charge is 0.0957 e. The number of rotatable bonds is 3. The lowest BCUT2D eigenvalue weighted by molar-refractivity contribution is -0.109. The van der Waals surface area contributed by atoms with Crippen LogP contribution < -0.4 is 5.32 Å². The summed E-state index contributed by atoms with van der Waals surface area (Å²) in [4.78, 5) is 0. The average Bonchev–Trinajstić information content (AvgIpc) is 2.39. The standard InChI is InChI=1S/C15H23NO/c1-4-12-6-8-13(9-7-12)14-10-16-11-15(3,5-2)17-14/h6-9,14,16H,4-5,10-11H2,1-3H3. The summed E-state index contributed by atoms with van der Waals surface area (Å²) in [6, 6.07) is 8.81. The molecule has 0 saturated carbocycles. The first-order valence-corrected chi connectivity index (χ1v) is 6.64. The van der Waals surface area contributed by atoms with E-state index < -0.39 is 0 Å². The summed E-state index contributed by atoms with van der Waals surface area (Å²) in [7, 11) is 0. The van der Waals surface area contributed by atoms with E-state index >= 15 is 0 Å². The lowest BCUT2D eigenvalue weighted by atomic mass is 9.98. The zero-order valence-corrected chi connectivity index (χ0v) is 11.1. The van der Waals surface area contributed by atoms with Crippen LogP contribution in [0.15, 0.2) is 24.3 Å². The van der Waals surface area contributed by atoms with Crippen molar-refractivity contribution < 1.29 is 4.74 Å². The minimum absolute atomic E-state index is 0.0215. The molecule has 1 heterocycles. The molecule has 2 rings (SSSR count). The monoisotopic (exact) mass is 233 g/mol. The van der Waals surface area contributed by atoms with E-state index in [4.69, 9.17) is 4.74 Å². The summed E-state index contributed by atoms with van der Waals surface area (Å²) in [6.07, 6.45) is 2.33. The van der Waals surface area contributed by atoms with Crippen LogP contribution in [0.5, 0.6) is 0 Å². The number of nitrogens with one attached hydrogen (secondary N) is 1. The highest BCUT2D eigenvalue weighted by atomic mass is 16.5. The molecule has 1 saturated heterocycles. The quantitative estimate of drug-likeness (QED) is 0.866. The Hall–Kier alpha value is -0.860. The zero-order chi connectivity index (χ0) is 12.3. The number of benzene rings is 1. The van der Waals surface area contributed by atoms with Crippen LogP contribution >= 0.6 is 0 Å². The van der Waals surface area contributed by atoms with E-state index in [9.17, 15) is 0 Å². The van der Waals surface area contributed by atoms with Crippen molar-refractivity contribution in [2.24, 2.45) is 0 Å². The molecule has 1 N–H and O–H groups in total.